The van der Waals surface area contributed by atoms with Crippen LogP contribution >= 0.6 is 0 Å². The molecule has 7 heteroatoms. The number of benzene rings is 1. The number of carbonyl (C=O) groups is 2. The molecule has 118 valence electrons. The first-order valence-electron chi connectivity index (χ1n) is 7.28. The lowest BCUT2D eigenvalue weighted by Gasteiger charge is -2.08. The highest BCUT2D eigenvalue weighted by atomic mass is 16.5. The van der Waals surface area contributed by atoms with Crippen LogP contribution in [-0.4, -0.2) is 18.0 Å². The van der Waals surface area contributed by atoms with E-state index in [2.05, 4.69) is 16.0 Å². The number of anilines is 2. The molecular formula is C16H16N4O3. The predicted octanol–water partition coefficient (Wildman–Crippen LogP) is 1.86. The number of urea groups is 1. The Morgan fingerprint density at radius 2 is 1.52 bits per heavy atom. The van der Waals surface area contributed by atoms with Gasteiger partial charge in [-0.05, 0) is 37.1 Å². The van der Waals surface area contributed by atoms with Crippen LogP contribution in [0, 0.1) is 5.21 Å². The molecule has 1 aromatic carbocycles. The van der Waals surface area contributed by atoms with Crippen LogP contribution in [0.3, 0.4) is 0 Å². The highest BCUT2D eigenvalue weighted by Gasteiger charge is 2.23. The third-order valence-corrected chi connectivity index (χ3v) is 3.38. The van der Waals surface area contributed by atoms with Crippen LogP contribution in [0.25, 0.3) is 0 Å². The zero-order valence-electron chi connectivity index (χ0n) is 12.3. The van der Waals surface area contributed by atoms with Gasteiger partial charge in [0.05, 0.1) is 5.56 Å². The summed E-state index contributed by atoms with van der Waals surface area (Å²) in [6, 6.07) is 9.77. The highest BCUT2D eigenvalue weighted by Crippen LogP contribution is 2.19. The summed E-state index contributed by atoms with van der Waals surface area (Å²) in [5.41, 5.74) is 1.64. The van der Waals surface area contributed by atoms with Gasteiger partial charge in [0.25, 0.3) is 5.91 Å². The van der Waals surface area contributed by atoms with E-state index < -0.39 is 0 Å². The Hall–Kier alpha value is -3.09. The van der Waals surface area contributed by atoms with Gasteiger partial charge in [0.15, 0.2) is 12.4 Å². The fraction of sp³-hybridized carbons (Fsp3) is 0.188. The second kappa shape index (κ2) is 6.35. The fourth-order valence-corrected chi connectivity index (χ4v) is 1.98. The molecule has 1 saturated carbocycles. The normalized spacial score (nSPS) is 13.2. The topological polar surface area (TPSA) is 97.2 Å². The molecule has 0 unspecified atom stereocenters. The van der Waals surface area contributed by atoms with Gasteiger partial charge in [-0.1, -0.05) is 0 Å². The Morgan fingerprint density at radius 1 is 0.957 bits per heavy atom. The van der Waals surface area contributed by atoms with Crippen LogP contribution in [0.15, 0.2) is 48.8 Å². The van der Waals surface area contributed by atoms with Gasteiger partial charge < -0.3 is 21.2 Å². The average Bonchev–Trinajstić information content (AvgIpc) is 3.33. The van der Waals surface area contributed by atoms with E-state index in [0.717, 1.165) is 12.8 Å². The standard InChI is InChI=1S/C16H16N4O3/c21-15(11-7-9-20(23)10-8-11)17-12-1-3-13(4-2-12)18-16(22)19-14-5-6-14/h1-4,7-10,14H,5-6H2,(H,17,21)(H2,18,19,22). The minimum atomic E-state index is -0.308. The molecule has 3 amide bonds. The smallest absolute Gasteiger partial charge is 0.319 e. The molecule has 3 N–H and O–H groups in total. The van der Waals surface area contributed by atoms with Crippen molar-refractivity contribution >= 4 is 23.3 Å². The second-order valence-corrected chi connectivity index (χ2v) is 5.35. The molecule has 3 rings (SSSR count). The number of hydrogen-bond donors (Lipinski definition) is 3. The van der Waals surface area contributed by atoms with Gasteiger partial charge in [-0.3, -0.25) is 4.79 Å². The van der Waals surface area contributed by atoms with Gasteiger partial charge >= 0.3 is 6.03 Å². The minimum Gasteiger partial charge on any atom is -0.619 e. The van der Waals surface area contributed by atoms with Crippen LogP contribution in [0.2, 0.25) is 0 Å². The van der Waals surface area contributed by atoms with Crippen molar-refractivity contribution in [3.63, 3.8) is 0 Å². The van der Waals surface area contributed by atoms with E-state index in [1.165, 1.54) is 24.5 Å². The van der Waals surface area contributed by atoms with Gasteiger partial charge in [0.1, 0.15) is 0 Å². The Labute approximate surface area is 132 Å². The molecule has 0 aliphatic heterocycles. The van der Waals surface area contributed by atoms with Crippen molar-refractivity contribution < 1.29 is 14.3 Å². The number of hydrogen-bond acceptors (Lipinski definition) is 3. The SMILES string of the molecule is O=C(Nc1ccc(NC(=O)c2cc[n+]([O-])cc2)cc1)NC1CC1. The maximum absolute atomic E-state index is 12.0. The van der Waals surface area contributed by atoms with E-state index in [9.17, 15) is 14.8 Å². The molecular weight excluding hydrogens is 296 g/mol. The lowest BCUT2D eigenvalue weighted by molar-refractivity contribution is -0.605. The van der Waals surface area contributed by atoms with Crippen molar-refractivity contribution in [2.75, 3.05) is 10.6 Å². The second-order valence-electron chi connectivity index (χ2n) is 5.35. The van der Waals surface area contributed by atoms with Gasteiger partial charge in [0, 0.05) is 29.5 Å². The molecule has 1 aromatic heterocycles. The molecule has 0 bridgehead atoms. The number of aromatic nitrogens is 1. The van der Waals surface area contributed by atoms with Gasteiger partial charge in [-0.15, -0.1) is 0 Å². The monoisotopic (exact) mass is 312 g/mol. The number of carbonyl (C=O) groups excluding carboxylic acids is 2. The summed E-state index contributed by atoms with van der Waals surface area (Å²) in [6.07, 6.45) is 4.59. The molecule has 0 spiro atoms. The summed E-state index contributed by atoms with van der Waals surface area (Å²) >= 11 is 0. The molecule has 1 fully saturated rings. The maximum atomic E-state index is 12.0. The van der Waals surface area contributed by atoms with Crippen LogP contribution < -0.4 is 20.7 Å². The van der Waals surface area contributed by atoms with Crippen molar-refractivity contribution in [2.45, 2.75) is 18.9 Å². The van der Waals surface area contributed by atoms with Crippen molar-refractivity contribution in [1.29, 1.82) is 0 Å². The molecule has 1 aliphatic carbocycles. The number of rotatable bonds is 4. The first-order valence-corrected chi connectivity index (χ1v) is 7.28. The molecule has 2 aromatic rings. The summed E-state index contributed by atoms with van der Waals surface area (Å²) in [5, 5.41) is 19.2. The van der Waals surface area contributed by atoms with Crippen molar-refractivity contribution in [1.82, 2.24) is 5.32 Å². The Kier molecular flexibility index (Phi) is 4.09. The van der Waals surface area contributed by atoms with E-state index in [4.69, 9.17) is 0 Å². The predicted molar refractivity (Wildman–Crippen MR) is 85.0 cm³/mol. The molecule has 7 nitrogen and oxygen atoms in total. The van der Waals surface area contributed by atoms with Crippen molar-refractivity contribution in [3.05, 3.63) is 59.6 Å². The molecule has 0 radical (unpaired) electrons. The van der Waals surface area contributed by atoms with Crippen LogP contribution in [0.4, 0.5) is 16.2 Å². The maximum Gasteiger partial charge on any atom is 0.319 e. The third kappa shape index (κ3) is 4.19. The number of amides is 3. The first-order chi connectivity index (χ1) is 11.1. The summed E-state index contributed by atoms with van der Waals surface area (Å²) in [4.78, 5) is 23.6. The van der Waals surface area contributed by atoms with E-state index in [1.54, 1.807) is 24.3 Å². The van der Waals surface area contributed by atoms with Gasteiger partial charge in [-0.25, -0.2) is 4.79 Å². The summed E-state index contributed by atoms with van der Waals surface area (Å²) in [7, 11) is 0. The van der Waals surface area contributed by atoms with E-state index >= 15 is 0 Å². The van der Waals surface area contributed by atoms with Gasteiger partial charge in [0.2, 0.25) is 0 Å². The van der Waals surface area contributed by atoms with Gasteiger partial charge in [-0.2, -0.15) is 4.73 Å². The van der Waals surface area contributed by atoms with Crippen LogP contribution in [0.5, 0.6) is 0 Å². The molecule has 0 atom stereocenters. The van der Waals surface area contributed by atoms with E-state index in [0.29, 0.717) is 27.7 Å². The molecule has 0 saturated heterocycles. The first kappa shape index (κ1) is 14.8. The zero-order valence-corrected chi connectivity index (χ0v) is 12.3. The van der Waals surface area contributed by atoms with Crippen LogP contribution in [0.1, 0.15) is 23.2 Å². The highest BCUT2D eigenvalue weighted by molar-refractivity contribution is 6.04. The third-order valence-electron chi connectivity index (χ3n) is 3.38. The fourth-order valence-electron chi connectivity index (χ4n) is 1.98. The van der Waals surface area contributed by atoms with Crippen molar-refractivity contribution in [2.24, 2.45) is 0 Å². The van der Waals surface area contributed by atoms with E-state index in [1.807, 2.05) is 0 Å². The lowest BCUT2D eigenvalue weighted by atomic mass is 10.2. The summed E-state index contributed by atoms with van der Waals surface area (Å²) < 4.78 is 0.615. The number of nitrogens with one attached hydrogen (secondary N) is 3. The van der Waals surface area contributed by atoms with Crippen molar-refractivity contribution in [3.8, 4) is 0 Å². The molecule has 1 aliphatic rings. The Bertz CT molecular complexity index is 709. The average molecular weight is 312 g/mol. The van der Waals surface area contributed by atoms with Crippen LogP contribution in [-0.2, 0) is 0 Å². The summed E-state index contributed by atoms with van der Waals surface area (Å²) in [6.45, 7) is 0. The quantitative estimate of drug-likeness (QED) is 0.593. The largest absolute Gasteiger partial charge is 0.619 e. The lowest BCUT2D eigenvalue weighted by Crippen LogP contribution is -2.30. The summed E-state index contributed by atoms with van der Waals surface area (Å²) in [5.74, 6) is -0.308. The Balaban J connectivity index is 1.57. The number of pyridine rings is 1. The Morgan fingerprint density at radius 3 is 2.09 bits per heavy atom. The molecule has 23 heavy (non-hydrogen) atoms. The zero-order chi connectivity index (χ0) is 16.2. The number of nitrogens with zero attached hydrogens (tertiary/aromatic N) is 1. The molecule has 1 heterocycles. The van der Waals surface area contributed by atoms with E-state index in [-0.39, 0.29) is 11.9 Å². The minimum absolute atomic E-state index is 0.223.